The molecule has 0 aliphatic carbocycles. The zero-order valence-corrected chi connectivity index (χ0v) is 23.9. The number of thioether (sulfide) groups is 1. The van der Waals surface area contributed by atoms with Crippen molar-refractivity contribution in [3.8, 4) is 11.5 Å². The molecule has 5 nitrogen and oxygen atoms in total. The Bertz CT molecular complexity index is 1300. The molecule has 1 amide bonds. The molecular formula is C29H29IN2O3S. The molecule has 0 spiro atoms. The van der Waals surface area contributed by atoms with Gasteiger partial charge in [-0.25, -0.2) is 4.99 Å². The summed E-state index contributed by atoms with van der Waals surface area (Å²) in [6.45, 7) is 9.24. The fraction of sp³-hybridized carbons (Fsp3) is 0.241. The van der Waals surface area contributed by atoms with Crippen LogP contribution in [0.5, 0.6) is 11.5 Å². The number of anilines is 1. The van der Waals surface area contributed by atoms with Crippen molar-refractivity contribution in [1.29, 1.82) is 0 Å². The lowest BCUT2D eigenvalue weighted by molar-refractivity contribution is -0.113. The summed E-state index contributed by atoms with van der Waals surface area (Å²) < 4.78 is 12.8. The van der Waals surface area contributed by atoms with Gasteiger partial charge in [-0.2, -0.15) is 0 Å². The van der Waals surface area contributed by atoms with Crippen molar-refractivity contribution < 1.29 is 14.3 Å². The Morgan fingerprint density at radius 3 is 2.28 bits per heavy atom. The Kier molecular flexibility index (Phi) is 8.74. The first-order valence-corrected chi connectivity index (χ1v) is 13.8. The Hall–Kier alpha value is -2.78. The van der Waals surface area contributed by atoms with Crippen LogP contribution in [0.15, 0.2) is 70.6 Å². The van der Waals surface area contributed by atoms with Crippen molar-refractivity contribution in [1.82, 2.24) is 0 Å². The van der Waals surface area contributed by atoms with E-state index in [9.17, 15) is 4.79 Å². The number of aryl methyl sites for hydroxylation is 2. The quantitative estimate of drug-likeness (QED) is 0.192. The van der Waals surface area contributed by atoms with Crippen LogP contribution in [0.4, 0.5) is 11.4 Å². The van der Waals surface area contributed by atoms with E-state index in [-0.39, 0.29) is 5.91 Å². The molecule has 0 unspecified atom stereocenters. The zero-order valence-electron chi connectivity index (χ0n) is 20.9. The van der Waals surface area contributed by atoms with E-state index in [1.807, 2.05) is 87.5 Å². The molecular weight excluding hydrogens is 583 g/mol. The lowest BCUT2D eigenvalue weighted by Crippen LogP contribution is -2.28. The van der Waals surface area contributed by atoms with Crippen LogP contribution in [0, 0.1) is 17.4 Å². The number of carbonyl (C=O) groups excluding carboxylic acids is 1. The number of carbonyl (C=O) groups is 1. The second-order valence-electron chi connectivity index (χ2n) is 8.43. The maximum Gasteiger partial charge on any atom is 0.271 e. The van der Waals surface area contributed by atoms with Crippen LogP contribution >= 0.6 is 34.4 Å². The predicted octanol–water partition coefficient (Wildman–Crippen LogP) is 7.90. The summed E-state index contributed by atoms with van der Waals surface area (Å²) in [7, 11) is 0. The molecule has 0 atom stereocenters. The maximum atomic E-state index is 13.7. The van der Waals surface area contributed by atoms with Crippen molar-refractivity contribution >= 4 is 62.9 Å². The molecule has 0 bridgehead atoms. The highest BCUT2D eigenvalue weighted by molar-refractivity contribution is 14.1. The highest BCUT2D eigenvalue weighted by atomic mass is 127. The number of amides is 1. The van der Waals surface area contributed by atoms with Gasteiger partial charge in [0, 0.05) is 0 Å². The van der Waals surface area contributed by atoms with Crippen molar-refractivity contribution in [3.05, 3.63) is 85.8 Å². The first kappa shape index (κ1) is 26.3. The summed E-state index contributed by atoms with van der Waals surface area (Å²) in [4.78, 5) is 20.8. The Morgan fingerprint density at radius 1 is 0.972 bits per heavy atom. The molecule has 0 aromatic heterocycles. The fourth-order valence-electron chi connectivity index (χ4n) is 3.63. The summed E-state index contributed by atoms with van der Waals surface area (Å²) in [6, 6.07) is 19.8. The van der Waals surface area contributed by atoms with E-state index < -0.39 is 0 Å². The van der Waals surface area contributed by atoms with Crippen LogP contribution in [0.3, 0.4) is 0 Å². The minimum Gasteiger partial charge on any atom is -0.490 e. The van der Waals surface area contributed by atoms with Gasteiger partial charge in [0.15, 0.2) is 16.7 Å². The van der Waals surface area contributed by atoms with E-state index in [2.05, 4.69) is 29.5 Å². The van der Waals surface area contributed by atoms with Crippen molar-refractivity contribution in [2.75, 3.05) is 18.1 Å². The van der Waals surface area contributed by atoms with Gasteiger partial charge in [0.2, 0.25) is 0 Å². The van der Waals surface area contributed by atoms with Gasteiger partial charge in [-0.3, -0.25) is 9.69 Å². The molecule has 1 heterocycles. The van der Waals surface area contributed by atoms with Crippen LogP contribution in [0.1, 0.15) is 37.0 Å². The van der Waals surface area contributed by atoms with Crippen LogP contribution < -0.4 is 14.4 Å². The number of amidine groups is 1. The van der Waals surface area contributed by atoms with Crippen LogP contribution in [-0.2, 0) is 4.79 Å². The van der Waals surface area contributed by atoms with E-state index in [0.717, 1.165) is 43.8 Å². The number of halogens is 1. The largest absolute Gasteiger partial charge is 0.490 e. The van der Waals surface area contributed by atoms with Gasteiger partial charge in [0.1, 0.15) is 0 Å². The van der Waals surface area contributed by atoms with Crippen LogP contribution in [0.25, 0.3) is 6.08 Å². The molecule has 0 saturated carbocycles. The minimum atomic E-state index is -0.103. The number of hydrogen-bond acceptors (Lipinski definition) is 5. The molecule has 186 valence electrons. The molecule has 7 heteroatoms. The number of nitrogens with zero attached hydrogens (tertiary/aromatic N) is 2. The summed E-state index contributed by atoms with van der Waals surface area (Å²) in [5.74, 6) is 1.33. The van der Waals surface area contributed by atoms with E-state index in [0.29, 0.717) is 29.0 Å². The Morgan fingerprint density at radius 2 is 1.64 bits per heavy atom. The van der Waals surface area contributed by atoms with E-state index in [1.54, 1.807) is 4.90 Å². The molecule has 1 aliphatic rings. The second-order valence-corrected chi connectivity index (χ2v) is 10.6. The smallest absolute Gasteiger partial charge is 0.271 e. The third-order valence-corrected chi connectivity index (χ3v) is 7.21. The van der Waals surface area contributed by atoms with Gasteiger partial charge in [-0.1, -0.05) is 42.3 Å². The van der Waals surface area contributed by atoms with Crippen molar-refractivity contribution in [2.45, 2.75) is 34.1 Å². The number of ether oxygens (including phenoxy) is 2. The Labute approximate surface area is 230 Å². The third kappa shape index (κ3) is 6.13. The van der Waals surface area contributed by atoms with Gasteiger partial charge in [-0.05, 0) is 110 Å². The van der Waals surface area contributed by atoms with Crippen molar-refractivity contribution in [2.24, 2.45) is 4.99 Å². The average Bonchev–Trinajstić information content (AvgIpc) is 3.15. The second kappa shape index (κ2) is 12.0. The van der Waals surface area contributed by atoms with Crippen molar-refractivity contribution in [3.63, 3.8) is 0 Å². The zero-order chi connectivity index (χ0) is 25.7. The first-order valence-electron chi connectivity index (χ1n) is 11.9. The van der Waals surface area contributed by atoms with Gasteiger partial charge in [-0.15, -0.1) is 0 Å². The normalized spacial score (nSPS) is 15.7. The van der Waals surface area contributed by atoms with Crippen LogP contribution in [-0.4, -0.2) is 24.3 Å². The molecule has 36 heavy (non-hydrogen) atoms. The number of benzene rings is 3. The molecule has 3 aromatic rings. The Balaban J connectivity index is 1.75. The fourth-order valence-corrected chi connectivity index (χ4v) is 5.41. The minimum absolute atomic E-state index is 0.103. The van der Waals surface area contributed by atoms with Gasteiger partial charge in [0.25, 0.3) is 5.91 Å². The molecule has 0 N–H and O–H groups in total. The molecule has 4 rings (SSSR count). The summed E-state index contributed by atoms with van der Waals surface area (Å²) in [5.41, 5.74) is 4.77. The lowest BCUT2D eigenvalue weighted by atomic mass is 10.1. The SMILES string of the molecule is CCCOc1c(I)cc(/C=C2\SC(=Nc3ccc(C)cc3)N(c3ccc(C)cc3)C2=O)cc1OCC. The number of rotatable bonds is 8. The molecule has 0 radical (unpaired) electrons. The van der Waals surface area contributed by atoms with Gasteiger partial charge >= 0.3 is 0 Å². The van der Waals surface area contributed by atoms with Gasteiger partial charge < -0.3 is 9.47 Å². The molecule has 1 fully saturated rings. The summed E-state index contributed by atoms with van der Waals surface area (Å²) in [5, 5.41) is 0.626. The molecule has 1 aliphatic heterocycles. The van der Waals surface area contributed by atoms with E-state index >= 15 is 0 Å². The first-order chi connectivity index (χ1) is 17.4. The summed E-state index contributed by atoms with van der Waals surface area (Å²) in [6.07, 6.45) is 2.82. The lowest BCUT2D eigenvalue weighted by Gasteiger charge is -2.16. The monoisotopic (exact) mass is 612 g/mol. The molecule has 3 aromatic carbocycles. The number of hydrogen-bond donors (Lipinski definition) is 0. The third-order valence-electron chi connectivity index (χ3n) is 5.44. The molecule has 1 saturated heterocycles. The maximum absolute atomic E-state index is 13.7. The van der Waals surface area contributed by atoms with E-state index in [1.165, 1.54) is 11.8 Å². The predicted molar refractivity (Wildman–Crippen MR) is 159 cm³/mol. The van der Waals surface area contributed by atoms with Gasteiger partial charge in [0.05, 0.1) is 33.1 Å². The highest BCUT2D eigenvalue weighted by Crippen LogP contribution is 2.40. The standard InChI is InChI=1S/C29H29IN2O3S/c1-5-15-35-27-24(30)16-21(17-25(27)34-6-2)18-26-28(33)32(23-13-9-20(4)10-14-23)29(36-26)31-22-11-7-19(3)8-12-22/h7-14,16-18H,5-6,15H2,1-4H3/b26-18-,31-29?. The summed E-state index contributed by atoms with van der Waals surface area (Å²) >= 11 is 3.64. The van der Waals surface area contributed by atoms with Crippen LogP contribution in [0.2, 0.25) is 0 Å². The topological polar surface area (TPSA) is 51.1 Å². The highest BCUT2D eigenvalue weighted by Gasteiger charge is 2.35. The number of aliphatic imine (C=N–C) groups is 1. The van der Waals surface area contributed by atoms with E-state index in [4.69, 9.17) is 14.5 Å². The average molecular weight is 613 g/mol.